The third-order valence-electron chi connectivity index (χ3n) is 0.789. The molecule has 0 aliphatic heterocycles. The minimum absolute atomic E-state index is 1.01. The van der Waals surface area contributed by atoms with Crippen molar-refractivity contribution in [3.8, 4) is 0 Å². The zero-order valence-electron chi connectivity index (χ0n) is 4.02. The number of rotatable bonds is 0. The summed E-state index contributed by atoms with van der Waals surface area (Å²) in [6, 6.07) is 8.01. The van der Waals surface area contributed by atoms with Gasteiger partial charge in [-0.1, -0.05) is 0 Å². The van der Waals surface area contributed by atoms with Crippen LogP contribution in [0, 0.1) is 3.57 Å². The summed E-state index contributed by atoms with van der Waals surface area (Å²) in [5.74, 6) is 0. The van der Waals surface area contributed by atoms with Crippen molar-refractivity contribution in [3.05, 3.63) is 27.8 Å². The SMILES string of the molecule is [Co][c]1ccc(I)cc1. The first-order valence-electron chi connectivity index (χ1n) is 2.18. The molecule has 0 heterocycles. The molecular weight excluding hydrogens is 258 g/mol. The normalized spacial score (nSPS) is 9.38. The fourth-order valence-corrected chi connectivity index (χ4v) is 0.955. The molecule has 0 saturated carbocycles. The second-order valence-corrected chi connectivity index (χ2v) is 3.26. The standard InChI is InChI=1S/C6H4I.Co/c7-6-4-2-1-3-5-6;/h2-5H;. The maximum absolute atomic E-state index is 4.17. The molecule has 0 spiro atoms. The number of halogens is 1. The van der Waals surface area contributed by atoms with Crippen LogP contribution in [0.4, 0.5) is 0 Å². The molecular formula is C6H4CoI. The predicted molar refractivity (Wildman–Crippen MR) is 38.8 cm³/mol. The van der Waals surface area contributed by atoms with Crippen molar-refractivity contribution in [1.29, 1.82) is 0 Å². The van der Waals surface area contributed by atoms with Gasteiger partial charge in [0.05, 0.1) is 0 Å². The van der Waals surface area contributed by atoms with Gasteiger partial charge in [0, 0.05) is 0 Å². The molecule has 8 heavy (non-hydrogen) atoms. The molecule has 1 rings (SSSR count). The number of hydrogen-bond acceptors (Lipinski definition) is 0. The molecule has 44 valence electrons. The molecule has 0 saturated heterocycles. The average Bonchev–Trinajstić information content (AvgIpc) is 1.77. The van der Waals surface area contributed by atoms with Crippen LogP contribution in [-0.2, 0) is 15.7 Å². The van der Waals surface area contributed by atoms with Crippen molar-refractivity contribution in [2.45, 2.75) is 0 Å². The summed E-state index contributed by atoms with van der Waals surface area (Å²) in [7, 11) is 0. The zero-order chi connectivity index (χ0) is 5.98. The van der Waals surface area contributed by atoms with Crippen molar-refractivity contribution in [3.63, 3.8) is 0 Å². The van der Waals surface area contributed by atoms with E-state index in [1.54, 1.807) is 0 Å². The van der Waals surface area contributed by atoms with Crippen LogP contribution in [0.5, 0.6) is 0 Å². The van der Waals surface area contributed by atoms with Crippen molar-refractivity contribution in [2.75, 3.05) is 0 Å². The third kappa shape index (κ3) is 1.76. The molecule has 0 bridgehead atoms. The minimum atomic E-state index is 1.01. The van der Waals surface area contributed by atoms with E-state index in [1.807, 2.05) is 24.3 Å². The van der Waals surface area contributed by atoms with Gasteiger partial charge in [-0.25, -0.2) is 0 Å². The maximum atomic E-state index is 4.17. The molecule has 1 aromatic rings. The summed E-state index contributed by atoms with van der Waals surface area (Å²) >= 11 is 6.44. The first kappa shape index (κ1) is 6.57. The Kier molecular flexibility index (Phi) is 2.34. The summed E-state index contributed by atoms with van der Waals surface area (Å²) in [5.41, 5.74) is 0. The van der Waals surface area contributed by atoms with Crippen molar-refractivity contribution < 1.29 is 15.7 Å². The molecule has 0 fully saturated rings. The Hall–Kier alpha value is 0.456. The van der Waals surface area contributed by atoms with Gasteiger partial charge in [-0.3, -0.25) is 0 Å². The van der Waals surface area contributed by atoms with E-state index in [2.05, 4.69) is 38.3 Å². The van der Waals surface area contributed by atoms with Crippen molar-refractivity contribution >= 4 is 27.1 Å². The zero-order valence-corrected chi connectivity index (χ0v) is 7.22. The molecule has 0 nitrogen and oxygen atoms in total. The van der Waals surface area contributed by atoms with Gasteiger partial charge < -0.3 is 0 Å². The Labute approximate surface area is 70.4 Å². The quantitative estimate of drug-likeness (QED) is 0.621. The predicted octanol–water partition coefficient (Wildman–Crippen LogP) is 1.46. The Morgan fingerprint density at radius 1 is 1.12 bits per heavy atom. The van der Waals surface area contributed by atoms with Gasteiger partial charge in [0.2, 0.25) is 0 Å². The van der Waals surface area contributed by atoms with E-state index in [-0.39, 0.29) is 0 Å². The monoisotopic (exact) mass is 262 g/mol. The van der Waals surface area contributed by atoms with Gasteiger partial charge in [0.25, 0.3) is 0 Å². The Balaban J connectivity index is 3.03. The molecule has 0 atom stereocenters. The van der Waals surface area contributed by atoms with Gasteiger partial charge >= 0.3 is 70.7 Å². The van der Waals surface area contributed by atoms with E-state index < -0.39 is 0 Å². The van der Waals surface area contributed by atoms with Crippen molar-refractivity contribution in [2.24, 2.45) is 0 Å². The summed E-state index contributed by atoms with van der Waals surface area (Å²) in [6.45, 7) is 0. The van der Waals surface area contributed by atoms with E-state index in [4.69, 9.17) is 0 Å². The Bertz CT molecular complexity index is 147. The molecule has 0 unspecified atom stereocenters. The van der Waals surface area contributed by atoms with E-state index in [0.29, 0.717) is 0 Å². The van der Waals surface area contributed by atoms with Crippen LogP contribution < -0.4 is 4.50 Å². The molecule has 0 radical (unpaired) electrons. The fraction of sp³-hybridized carbons (Fsp3) is 0. The first-order chi connectivity index (χ1) is 3.79. The molecule has 2 heteroatoms. The third-order valence-corrected chi connectivity index (χ3v) is 1.85. The summed E-state index contributed by atoms with van der Waals surface area (Å²) in [6.07, 6.45) is 0. The second kappa shape index (κ2) is 2.84. The topological polar surface area (TPSA) is 0 Å². The van der Waals surface area contributed by atoms with Gasteiger partial charge in [-0.2, -0.15) is 0 Å². The van der Waals surface area contributed by atoms with Gasteiger partial charge in [0.1, 0.15) is 0 Å². The summed E-state index contributed by atoms with van der Waals surface area (Å²) in [4.78, 5) is 0. The molecule has 0 N–H and O–H groups in total. The fourth-order valence-electron chi connectivity index (χ4n) is 0.422. The number of hydrogen-bond donors (Lipinski definition) is 0. The first-order valence-corrected chi connectivity index (χ1v) is 3.78. The van der Waals surface area contributed by atoms with Crippen LogP contribution in [0.3, 0.4) is 0 Å². The van der Waals surface area contributed by atoms with Crippen LogP contribution in [0.25, 0.3) is 0 Å². The van der Waals surface area contributed by atoms with E-state index in [0.717, 1.165) is 4.50 Å². The van der Waals surface area contributed by atoms with E-state index in [1.165, 1.54) is 3.57 Å². The summed E-state index contributed by atoms with van der Waals surface area (Å²) < 4.78 is 2.26. The van der Waals surface area contributed by atoms with Gasteiger partial charge in [-0.05, 0) is 0 Å². The van der Waals surface area contributed by atoms with Crippen LogP contribution >= 0.6 is 22.6 Å². The molecule has 1 aromatic carbocycles. The van der Waals surface area contributed by atoms with Crippen LogP contribution in [0.2, 0.25) is 0 Å². The van der Waals surface area contributed by atoms with E-state index >= 15 is 0 Å². The molecule has 0 aromatic heterocycles. The number of benzene rings is 1. The van der Waals surface area contributed by atoms with Crippen LogP contribution in [-0.4, -0.2) is 0 Å². The molecule has 0 aliphatic carbocycles. The Morgan fingerprint density at radius 2 is 1.62 bits per heavy atom. The molecule has 0 amide bonds. The second-order valence-electron chi connectivity index (χ2n) is 1.41. The Morgan fingerprint density at radius 3 is 2.00 bits per heavy atom. The van der Waals surface area contributed by atoms with Crippen LogP contribution in [0.1, 0.15) is 0 Å². The summed E-state index contributed by atoms with van der Waals surface area (Å²) in [5, 5.41) is 0. The van der Waals surface area contributed by atoms with Gasteiger partial charge in [-0.15, -0.1) is 0 Å². The van der Waals surface area contributed by atoms with Gasteiger partial charge in [0.15, 0.2) is 0 Å². The molecule has 0 aliphatic rings. The van der Waals surface area contributed by atoms with E-state index in [9.17, 15) is 0 Å². The van der Waals surface area contributed by atoms with Crippen LogP contribution in [0.15, 0.2) is 24.3 Å². The van der Waals surface area contributed by atoms with Crippen molar-refractivity contribution in [1.82, 2.24) is 0 Å². The average molecular weight is 262 g/mol.